The summed E-state index contributed by atoms with van der Waals surface area (Å²) in [6.07, 6.45) is 1.09. The largest absolute Gasteiger partial charge is 0.494 e. The Balaban J connectivity index is 1.21. The van der Waals surface area contributed by atoms with Gasteiger partial charge in [0.05, 0.1) is 18.4 Å². The molecule has 1 saturated heterocycles. The van der Waals surface area contributed by atoms with Crippen molar-refractivity contribution >= 4 is 17.6 Å². The van der Waals surface area contributed by atoms with E-state index in [0.717, 1.165) is 18.7 Å². The second kappa shape index (κ2) is 14.1. The fraction of sp³-hybridized carbons (Fsp3) is 0.323. The molecule has 1 aliphatic rings. The Morgan fingerprint density at radius 2 is 1.46 bits per heavy atom. The summed E-state index contributed by atoms with van der Waals surface area (Å²) in [6.45, 7) is 4.80. The van der Waals surface area contributed by atoms with E-state index in [0.29, 0.717) is 44.0 Å². The van der Waals surface area contributed by atoms with Crippen LogP contribution < -0.4 is 4.74 Å². The minimum atomic E-state index is -1.07. The Labute approximate surface area is 229 Å². The molecule has 0 bridgehead atoms. The lowest BCUT2D eigenvalue weighted by Gasteiger charge is -2.40. The Morgan fingerprint density at radius 1 is 0.872 bits per heavy atom. The lowest BCUT2D eigenvalue weighted by Crippen LogP contribution is -2.49. The van der Waals surface area contributed by atoms with Crippen molar-refractivity contribution in [3.63, 3.8) is 0 Å². The predicted octanol–water partition coefficient (Wildman–Crippen LogP) is 4.60. The number of carboxylic acids is 1. The van der Waals surface area contributed by atoms with Gasteiger partial charge in [-0.3, -0.25) is 9.69 Å². The minimum Gasteiger partial charge on any atom is -0.494 e. The third-order valence-electron chi connectivity index (χ3n) is 6.73. The maximum Gasteiger partial charge on any atom is 0.344 e. The van der Waals surface area contributed by atoms with E-state index in [1.807, 2.05) is 41.3 Å². The third-order valence-corrected chi connectivity index (χ3v) is 6.73. The number of ether oxygens (including phenoxy) is 1. The van der Waals surface area contributed by atoms with Gasteiger partial charge >= 0.3 is 5.97 Å². The van der Waals surface area contributed by atoms with Crippen LogP contribution in [0.15, 0.2) is 90.1 Å². The Hall–Kier alpha value is -4.17. The SMILES string of the molecule is C/C(=N\OCC(=O)O)c1ccc(OCCCC(=O)N2CCN(C(c3ccccc3)c3ccccc3)CC2)cc1. The van der Waals surface area contributed by atoms with E-state index in [9.17, 15) is 9.59 Å². The zero-order chi connectivity index (χ0) is 27.5. The van der Waals surface area contributed by atoms with Gasteiger partial charge in [-0.15, -0.1) is 0 Å². The summed E-state index contributed by atoms with van der Waals surface area (Å²) in [5.41, 5.74) is 3.92. The summed E-state index contributed by atoms with van der Waals surface area (Å²) in [4.78, 5) is 32.6. The standard InChI is InChI=1S/C31H35N3O5/c1-24(32-39-23-30(36)37)25-14-16-28(17-15-25)38-22-8-13-29(35)33-18-20-34(21-19-33)31(26-9-4-2-5-10-26)27-11-6-3-7-12-27/h2-7,9-12,14-17,31H,8,13,18-23H2,1H3,(H,36,37)/b32-24+. The molecule has 0 radical (unpaired) electrons. The molecule has 4 rings (SSSR count). The molecule has 1 heterocycles. The van der Waals surface area contributed by atoms with E-state index in [1.54, 1.807) is 6.92 Å². The first-order valence-corrected chi connectivity index (χ1v) is 13.2. The molecular weight excluding hydrogens is 494 g/mol. The Kier molecular flexibility index (Phi) is 10.1. The molecule has 8 nitrogen and oxygen atoms in total. The number of hydrogen-bond donors (Lipinski definition) is 1. The molecule has 3 aromatic rings. The molecule has 204 valence electrons. The number of benzene rings is 3. The monoisotopic (exact) mass is 529 g/mol. The van der Waals surface area contributed by atoms with Crippen molar-refractivity contribution in [2.24, 2.45) is 5.16 Å². The van der Waals surface area contributed by atoms with Gasteiger partial charge in [-0.05, 0) is 54.3 Å². The molecule has 1 aliphatic heterocycles. The van der Waals surface area contributed by atoms with Crippen molar-refractivity contribution < 1.29 is 24.3 Å². The van der Waals surface area contributed by atoms with Crippen LogP contribution in [0.4, 0.5) is 0 Å². The molecule has 8 heteroatoms. The minimum absolute atomic E-state index is 0.165. The normalized spacial score (nSPS) is 14.3. The number of amides is 1. The fourth-order valence-corrected chi connectivity index (χ4v) is 4.72. The first-order chi connectivity index (χ1) is 19.0. The Bertz CT molecular complexity index is 1180. The van der Waals surface area contributed by atoms with Crippen molar-refractivity contribution in [2.75, 3.05) is 39.4 Å². The lowest BCUT2D eigenvalue weighted by atomic mass is 9.96. The van der Waals surface area contributed by atoms with Gasteiger partial charge in [-0.2, -0.15) is 0 Å². The zero-order valence-electron chi connectivity index (χ0n) is 22.2. The van der Waals surface area contributed by atoms with Crippen LogP contribution in [-0.2, 0) is 14.4 Å². The van der Waals surface area contributed by atoms with Crippen LogP contribution >= 0.6 is 0 Å². The number of carbonyl (C=O) groups is 2. The van der Waals surface area contributed by atoms with Gasteiger partial charge in [0, 0.05) is 32.6 Å². The second-order valence-corrected chi connectivity index (χ2v) is 9.46. The molecule has 0 aliphatic carbocycles. The van der Waals surface area contributed by atoms with E-state index in [2.05, 4.69) is 58.6 Å². The highest BCUT2D eigenvalue weighted by Crippen LogP contribution is 2.29. The molecule has 0 aromatic heterocycles. The predicted molar refractivity (Wildman–Crippen MR) is 150 cm³/mol. The zero-order valence-corrected chi connectivity index (χ0v) is 22.2. The quantitative estimate of drug-likeness (QED) is 0.209. The first kappa shape index (κ1) is 27.9. The van der Waals surface area contributed by atoms with E-state index in [4.69, 9.17) is 14.7 Å². The average molecular weight is 530 g/mol. The molecular formula is C31H35N3O5. The van der Waals surface area contributed by atoms with Crippen LogP contribution in [0, 0.1) is 0 Å². The summed E-state index contributed by atoms with van der Waals surface area (Å²) in [5, 5.41) is 12.4. The number of carboxylic acid groups (broad SMARTS) is 1. The number of oxime groups is 1. The number of aliphatic carboxylic acids is 1. The number of hydrogen-bond acceptors (Lipinski definition) is 6. The molecule has 1 N–H and O–H groups in total. The third kappa shape index (κ3) is 8.15. The van der Waals surface area contributed by atoms with E-state index in [-0.39, 0.29) is 11.9 Å². The Morgan fingerprint density at radius 3 is 2.03 bits per heavy atom. The first-order valence-electron chi connectivity index (χ1n) is 13.2. The van der Waals surface area contributed by atoms with Crippen molar-refractivity contribution in [3.05, 3.63) is 102 Å². The highest BCUT2D eigenvalue weighted by atomic mass is 16.6. The highest BCUT2D eigenvalue weighted by molar-refractivity contribution is 5.98. The second-order valence-electron chi connectivity index (χ2n) is 9.46. The van der Waals surface area contributed by atoms with Crippen molar-refractivity contribution in [2.45, 2.75) is 25.8 Å². The number of piperazine rings is 1. The molecule has 39 heavy (non-hydrogen) atoms. The van der Waals surface area contributed by atoms with Crippen LogP contribution in [0.1, 0.15) is 42.5 Å². The van der Waals surface area contributed by atoms with Crippen molar-refractivity contribution in [1.29, 1.82) is 0 Å². The summed E-state index contributed by atoms with van der Waals surface area (Å²) in [7, 11) is 0. The molecule has 1 amide bonds. The topological polar surface area (TPSA) is 91.7 Å². The molecule has 0 spiro atoms. The van der Waals surface area contributed by atoms with E-state index in [1.165, 1.54) is 11.1 Å². The van der Waals surface area contributed by atoms with Gasteiger partial charge in [0.15, 0.2) is 0 Å². The molecule has 0 saturated carbocycles. The molecule has 0 atom stereocenters. The highest BCUT2D eigenvalue weighted by Gasteiger charge is 2.27. The van der Waals surface area contributed by atoms with E-state index < -0.39 is 12.6 Å². The van der Waals surface area contributed by atoms with Gasteiger partial charge in [-0.25, -0.2) is 4.79 Å². The van der Waals surface area contributed by atoms with Gasteiger partial charge in [0.25, 0.3) is 0 Å². The summed E-state index contributed by atoms with van der Waals surface area (Å²) in [6, 6.07) is 28.6. The number of rotatable bonds is 12. The van der Waals surface area contributed by atoms with E-state index >= 15 is 0 Å². The van der Waals surface area contributed by atoms with Gasteiger partial charge in [-0.1, -0.05) is 65.8 Å². The number of carbonyl (C=O) groups excluding carboxylic acids is 1. The summed E-state index contributed by atoms with van der Waals surface area (Å²) < 4.78 is 5.81. The molecule has 1 fully saturated rings. The van der Waals surface area contributed by atoms with Gasteiger partial charge in [0.1, 0.15) is 5.75 Å². The van der Waals surface area contributed by atoms with Crippen LogP contribution in [0.3, 0.4) is 0 Å². The fourth-order valence-electron chi connectivity index (χ4n) is 4.72. The summed E-state index contributed by atoms with van der Waals surface area (Å²) in [5.74, 6) is -0.208. The average Bonchev–Trinajstić information content (AvgIpc) is 2.97. The van der Waals surface area contributed by atoms with Crippen LogP contribution in [0.25, 0.3) is 0 Å². The van der Waals surface area contributed by atoms with Crippen LogP contribution in [0.5, 0.6) is 5.75 Å². The van der Waals surface area contributed by atoms with Gasteiger partial charge < -0.3 is 19.6 Å². The van der Waals surface area contributed by atoms with Gasteiger partial charge in [0.2, 0.25) is 12.5 Å². The maximum atomic E-state index is 12.9. The van der Waals surface area contributed by atoms with Crippen molar-refractivity contribution in [3.8, 4) is 5.75 Å². The smallest absolute Gasteiger partial charge is 0.344 e. The maximum absolute atomic E-state index is 12.9. The lowest BCUT2D eigenvalue weighted by molar-refractivity contribution is -0.142. The van der Waals surface area contributed by atoms with Crippen molar-refractivity contribution in [1.82, 2.24) is 9.80 Å². The van der Waals surface area contributed by atoms with Crippen LogP contribution in [0.2, 0.25) is 0 Å². The molecule has 3 aromatic carbocycles. The number of nitrogens with zero attached hydrogens (tertiary/aromatic N) is 3. The molecule has 0 unspecified atom stereocenters. The van der Waals surface area contributed by atoms with Crippen LogP contribution in [-0.4, -0.2) is 71.9 Å². The summed E-state index contributed by atoms with van der Waals surface area (Å²) >= 11 is 0.